The Hall–Kier alpha value is -1.53. The van der Waals surface area contributed by atoms with E-state index in [1.54, 1.807) is 24.3 Å². The van der Waals surface area contributed by atoms with Crippen LogP contribution in [0, 0.1) is 0 Å². The van der Waals surface area contributed by atoms with Gasteiger partial charge in [0.15, 0.2) is 0 Å². The quantitative estimate of drug-likeness (QED) is 0.692. The van der Waals surface area contributed by atoms with Crippen LogP contribution in [0.2, 0.25) is 0 Å². The molecule has 0 saturated heterocycles. The number of hydrogen-bond acceptors (Lipinski definition) is 3. The van der Waals surface area contributed by atoms with E-state index in [9.17, 15) is 13.6 Å². The van der Waals surface area contributed by atoms with Gasteiger partial charge in [-0.05, 0) is 11.1 Å². The number of benzene rings is 1. The Morgan fingerprint density at radius 3 is 2.50 bits per heavy atom. The van der Waals surface area contributed by atoms with E-state index in [1.165, 1.54) is 0 Å². The highest BCUT2D eigenvalue weighted by Crippen LogP contribution is 2.11. The second kappa shape index (κ2) is 6.42. The van der Waals surface area contributed by atoms with Gasteiger partial charge in [-0.1, -0.05) is 24.3 Å². The maximum atomic E-state index is 12.7. The Morgan fingerprint density at radius 2 is 1.94 bits per heavy atom. The van der Waals surface area contributed by atoms with Gasteiger partial charge in [-0.2, -0.15) is 0 Å². The Morgan fingerprint density at radius 1 is 1.33 bits per heavy atom. The molecule has 1 aromatic carbocycles. The van der Waals surface area contributed by atoms with E-state index in [0.717, 1.165) is 5.56 Å². The summed E-state index contributed by atoms with van der Waals surface area (Å²) in [4.78, 5) is 11.5. The van der Waals surface area contributed by atoms with Gasteiger partial charge in [0.1, 0.15) is 6.61 Å². The van der Waals surface area contributed by atoms with E-state index in [0.29, 0.717) is 5.56 Å². The van der Waals surface area contributed by atoms with Crippen molar-refractivity contribution >= 4 is 5.91 Å². The summed E-state index contributed by atoms with van der Waals surface area (Å²) in [5.41, 5.74) is 7.03. The Kier molecular flexibility index (Phi) is 5.18. The molecule has 0 aliphatic rings. The van der Waals surface area contributed by atoms with E-state index in [4.69, 9.17) is 10.8 Å². The predicted molar refractivity (Wildman–Crippen MR) is 63.1 cm³/mol. The summed E-state index contributed by atoms with van der Waals surface area (Å²) < 4.78 is 25.4. The molecule has 0 aliphatic heterocycles. The largest absolute Gasteiger partial charge is 0.390 e. The van der Waals surface area contributed by atoms with Crippen LogP contribution in [-0.2, 0) is 17.8 Å². The third-order valence-corrected chi connectivity index (χ3v) is 2.46. The van der Waals surface area contributed by atoms with Gasteiger partial charge in [0.2, 0.25) is 5.91 Å². The molecule has 0 spiro atoms. The van der Waals surface area contributed by atoms with Gasteiger partial charge < -0.3 is 16.2 Å². The molecular weight excluding hydrogens is 242 g/mol. The Labute approximate surface area is 104 Å². The van der Waals surface area contributed by atoms with Crippen LogP contribution < -0.4 is 11.1 Å². The van der Waals surface area contributed by atoms with E-state index >= 15 is 0 Å². The summed E-state index contributed by atoms with van der Waals surface area (Å²) in [6.07, 6.45) is -0.00508. The van der Waals surface area contributed by atoms with Crippen molar-refractivity contribution in [2.24, 2.45) is 5.73 Å². The minimum Gasteiger partial charge on any atom is -0.390 e. The summed E-state index contributed by atoms with van der Waals surface area (Å²) in [6.45, 7) is -1.87. The van der Waals surface area contributed by atoms with Gasteiger partial charge in [0, 0.05) is 6.54 Å². The Balaban J connectivity index is 2.55. The molecule has 4 nitrogen and oxygen atoms in total. The number of nitrogens with two attached hydrogens (primary N) is 1. The van der Waals surface area contributed by atoms with E-state index in [1.807, 2.05) is 0 Å². The average molecular weight is 258 g/mol. The predicted octanol–water partition coefficient (Wildman–Crippen LogP) is 0.432. The first kappa shape index (κ1) is 14.5. The summed E-state index contributed by atoms with van der Waals surface area (Å²) >= 11 is 0. The second-order valence-corrected chi connectivity index (χ2v) is 3.94. The number of aliphatic hydroxyl groups is 1. The molecule has 100 valence electrons. The van der Waals surface area contributed by atoms with Gasteiger partial charge >= 0.3 is 0 Å². The molecule has 0 unspecified atom stereocenters. The zero-order chi connectivity index (χ0) is 13.6. The molecule has 0 fully saturated rings. The Bertz CT molecular complexity index is 411. The second-order valence-electron chi connectivity index (χ2n) is 3.94. The van der Waals surface area contributed by atoms with Gasteiger partial charge in [-0.3, -0.25) is 4.79 Å². The van der Waals surface area contributed by atoms with Crippen molar-refractivity contribution in [2.45, 2.75) is 18.9 Å². The molecule has 1 aromatic rings. The fraction of sp³-hybridized carbons (Fsp3) is 0.417. The van der Waals surface area contributed by atoms with Crippen molar-refractivity contribution in [1.29, 1.82) is 0 Å². The van der Waals surface area contributed by atoms with Crippen LogP contribution in [0.4, 0.5) is 8.78 Å². The highest BCUT2D eigenvalue weighted by Gasteiger charge is 2.28. The van der Waals surface area contributed by atoms with Crippen molar-refractivity contribution in [2.75, 3.05) is 13.2 Å². The SMILES string of the molecule is NCc1ccccc1CC(=O)NCC(F)(F)CO. The third kappa shape index (κ3) is 4.38. The molecule has 0 heterocycles. The first-order valence-electron chi connectivity index (χ1n) is 5.51. The number of carbonyl (C=O) groups excluding carboxylic acids is 1. The fourth-order valence-corrected chi connectivity index (χ4v) is 1.45. The number of aliphatic hydroxyl groups excluding tert-OH is 1. The standard InChI is InChI=1S/C12H16F2N2O2/c13-12(14,8-17)7-16-11(18)5-9-3-1-2-4-10(9)6-15/h1-4,17H,5-8,15H2,(H,16,18). The van der Waals surface area contributed by atoms with Crippen LogP contribution in [0.5, 0.6) is 0 Å². The number of alkyl halides is 2. The van der Waals surface area contributed by atoms with Crippen LogP contribution in [0.3, 0.4) is 0 Å². The average Bonchev–Trinajstić information content (AvgIpc) is 2.37. The van der Waals surface area contributed by atoms with E-state index in [-0.39, 0.29) is 13.0 Å². The molecule has 4 N–H and O–H groups in total. The number of rotatable bonds is 6. The first-order chi connectivity index (χ1) is 8.48. The lowest BCUT2D eigenvalue weighted by molar-refractivity contribution is -0.123. The molecule has 0 aromatic heterocycles. The monoisotopic (exact) mass is 258 g/mol. The maximum Gasteiger partial charge on any atom is 0.287 e. The lowest BCUT2D eigenvalue weighted by atomic mass is 10.0. The first-order valence-corrected chi connectivity index (χ1v) is 5.51. The summed E-state index contributed by atoms with van der Waals surface area (Å²) in [7, 11) is 0. The highest BCUT2D eigenvalue weighted by atomic mass is 19.3. The van der Waals surface area contributed by atoms with Crippen molar-refractivity contribution in [3.8, 4) is 0 Å². The molecule has 0 radical (unpaired) electrons. The molecule has 18 heavy (non-hydrogen) atoms. The van der Waals surface area contributed by atoms with Gasteiger partial charge in [-0.15, -0.1) is 0 Å². The van der Waals surface area contributed by atoms with Crippen LogP contribution in [0.1, 0.15) is 11.1 Å². The molecule has 1 amide bonds. The number of nitrogens with one attached hydrogen (secondary N) is 1. The van der Waals surface area contributed by atoms with Gasteiger partial charge in [0.25, 0.3) is 5.92 Å². The summed E-state index contributed by atoms with van der Waals surface area (Å²) in [5, 5.41) is 10.4. The topological polar surface area (TPSA) is 75.4 Å². The van der Waals surface area contributed by atoms with Crippen molar-refractivity contribution in [3.63, 3.8) is 0 Å². The molecule has 0 atom stereocenters. The summed E-state index contributed by atoms with van der Waals surface area (Å²) in [5.74, 6) is -3.81. The van der Waals surface area contributed by atoms with Crippen molar-refractivity contribution in [1.82, 2.24) is 5.32 Å². The van der Waals surface area contributed by atoms with Crippen LogP contribution in [0.25, 0.3) is 0 Å². The van der Waals surface area contributed by atoms with Crippen molar-refractivity contribution < 1.29 is 18.7 Å². The number of halogens is 2. The molecule has 1 rings (SSSR count). The summed E-state index contributed by atoms with van der Waals surface area (Å²) in [6, 6.07) is 7.06. The normalized spacial score (nSPS) is 11.3. The minimum atomic E-state index is -3.29. The molecule has 6 heteroatoms. The highest BCUT2D eigenvalue weighted by molar-refractivity contribution is 5.79. The lowest BCUT2D eigenvalue weighted by Gasteiger charge is -2.14. The lowest BCUT2D eigenvalue weighted by Crippen LogP contribution is -2.39. The minimum absolute atomic E-state index is 0.00508. The number of carbonyl (C=O) groups is 1. The molecule has 0 bridgehead atoms. The van der Waals surface area contributed by atoms with Gasteiger partial charge in [-0.25, -0.2) is 8.78 Å². The molecule has 0 saturated carbocycles. The molecular formula is C12H16F2N2O2. The van der Waals surface area contributed by atoms with E-state index < -0.39 is 25.0 Å². The maximum absolute atomic E-state index is 12.7. The van der Waals surface area contributed by atoms with E-state index in [2.05, 4.69) is 5.32 Å². The van der Waals surface area contributed by atoms with Crippen LogP contribution in [0.15, 0.2) is 24.3 Å². The third-order valence-electron chi connectivity index (χ3n) is 2.46. The van der Waals surface area contributed by atoms with Gasteiger partial charge in [0.05, 0.1) is 13.0 Å². The van der Waals surface area contributed by atoms with Crippen LogP contribution >= 0.6 is 0 Å². The zero-order valence-electron chi connectivity index (χ0n) is 9.83. The van der Waals surface area contributed by atoms with Crippen molar-refractivity contribution in [3.05, 3.63) is 35.4 Å². The van der Waals surface area contributed by atoms with Crippen LogP contribution in [-0.4, -0.2) is 30.1 Å². The fourth-order valence-electron chi connectivity index (χ4n) is 1.45. The zero-order valence-corrected chi connectivity index (χ0v) is 9.83. The number of hydrogen-bond donors (Lipinski definition) is 3. The smallest absolute Gasteiger partial charge is 0.287 e. The number of amides is 1. The molecule has 0 aliphatic carbocycles.